The molecule has 0 aromatic rings. The van der Waals surface area contributed by atoms with Gasteiger partial charge in [-0.25, -0.2) is 0 Å². The van der Waals surface area contributed by atoms with E-state index in [1.807, 2.05) is 4.90 Å². The Morgan fingerprint density at radius 2 is 1.41 bits per heavy atom. The Balaban J connectivity index is 1.28. The first-order valence-electron chi connectivity index (χ1n) is 10.8. The van der Waals surface area contributed by atoms with Gasteiger partial charge in [0.05, 0.1) is 5.92 Å². The Labute approximate surface area is 161 Å². The van der Waals surface area contributed by atoms with Crippen LogP contribution in [0.3, 0.4) is 0 Å². The third-order valence-corrected chi connectivity index (χ3v) is 7.60. The molecule has 1 N–H and O–H groups in total. The van der Waals surface area contributed by atoms with Gasteiger partial charge in [-0.2, -0.15) is 0 Å². The fourth-order valence-corrected chi connectivity index (χ4v) is 5.65. The van der Waals surface area contributed by atoms with Gasteiger partial charge >= 0.3 is 5.97 Å². The van der Waals surface area contributed by atoms with Crippen molar-refractivity contribution < 1.29 is 19.5 Å². The number of hydrogen-bond acceptors (Lipinski definition) is 3. The van der Waals surface area contributed by atoms with E-state index in [2.05, 4.69) is 4.90 Å². The number of rotatable bonds is 3. The number of amides is 2. The Bertz CT molecular complexity index is 605. The Hall–Kier alpha value is -1.59. The van der Waals surface area contributed by atoms with E-state index < -0.39 is 5.97 Å². The van der Waals surface area contributed by atoms with Crippen LogP contribution in [0.15, 0.2) is 0 Å². The number of carbonyl (C=O) groups excluding carboxylic acids is 2. The van der Waals surface area contributed by atoms with Crippen molar-refractivity contribution in [1.82, 2.24) is 9.80 Å². The highest BCUT2D eigenvalue weighted by Gasteiger charge is 2.59. The predicted octanol–water partition coefficient (Wildman–Crippen LogP) is 2.52. The lowest BCUT2D eigenvalue weighted by atomic mass is 9.80. The second-order valence-electron chi connectivity index (χ2n) is 9.23. The Kier molecular flexibility index (Phi) is 5.17. The molecule has 0 bridgehead atoms. The standard InChI is InChI=1S/C21H32N2O4/c24-18(15-5-4-6-16(13-15)20(26)27)23-11-7-21(8-12-23)14-17(21)19(25)22-9-2-1-3-10-22/h15-17H,1-14H2,(H,26,27). The molecule has 150 valence electrons. The molecule has 2 amide bonds. The van der Waals surface area contributed by atoms with Crippen LogP contribution in [-0.4, -0.2) is 58.9 Å². The largest absolute Gasteiger partial charge is 0.481 e. The maximum atomic E-state index is 12.9. The van der Waals surface area contributed by atoms with Crippen LogP contribution < -0.4 is 0 Å². The lowest BCUT2D eigenvalue weighted by molar-refractivity contribution is -0.146. The van der Waals surface area contributed by atoms with Crippen molar-refractivity contribution >= 4 is 17.8 Å². The van der Waals surface area contributed by atoms with Gasteiger partial charge in [0, 0.05) is 38.0 Å². The van der Waals surface area contributed by atoms with Crippen LogP contribution in [0, 0.1) is 23.2 Å². The molecule has 3 atom stereocenters. The Morgan fingerprint density at radius 1 is 0.778 bits per heavy atom. The van der Waals surface area contributed by atoms with E-state index in [4.69, 9.17) is 0 Å². The maximum absolute atomic E-state index is 12.9. The smallest absolute Gasteiger partial charge is 0.306 e. The second kappa shape index (κ2) is 7.44. The summed E-state index contributed by atoms with van der Waals surface area (Å²) in [7, 11) is 0. The SMILES string of the molecule is O=C(O)C1CCCC(C(=O)N2CCC3(CC2)CC3C(=O)N2CCCCC2)C1. The number of hydrogen-bond donors (Lipinski definition) is 1. The van der Waals surface area contributed by atoms with E-state index in [0.29, 0.717) is 18.7 Å². The summed E-state index contributed by atoms with van der Waals surface area (Å²) < 4.78 is 0. The molecule has 3 unspecified atom stereocenters. The van der Waals surface area contributed by atoms with Crippen LogP contribution >= 0.6 is 0 Å². The van der Waals surface area contributed by atoms with E-state index in [1.165, 1.54) is 6.42 Å². The quantitative estimate of drug-likeness (QED) is 0.821. The van der Waals surface area contributed by atoms with Gasteiger partial charge in [0.25, 0.3) is 0 Å². The first-order valence-corrected chi connectivity index (χ1v) is 10.8. The molecule has 6 heteroatoms. The fourth-order valence-electron chi connectivity index (χ4n) is 5.65. The van der Waals surface area contributed by atoms with Crippen molar-refractivity contribution in [2.24, 2.45) is 23.2 Å². The third kappa shape index (κ3) is 3.72. The highest BCUT2D eigenvalue weighted by atomic mass is 16.4. The molecule has 0 aromatic heterocycles. The number of aliphatic carboxylic acids is 1. The van der Waals surface area contributed by atoms with Gasteiger partial charge < -0.3 is 14.9 Å². The molecule has 1 spiro atoms. The molecule has 0 radical (unpaired) electrons. The lowest BCUT2D eigenvalue weighted by Gasteiger charge is -2.37. The summed E-state index contributed by atoms with van der Waals surface area (Å²) in [5, 5.41) is 9.25. The number of likely N-dealkylation sites (tertiary alicyclic amines) is 2. The highest BCUT2D eigenvalue weighted by Crippen LogP contribution is 2.60. The predicted molar refractivity (Wildman–Crippen MR) is 99.9 cm³/mol. The van der Waals surface area contributed by atoms with Gasteiger partial charge in [0.1, 0.15) is 0 Å². The number of carboxylic acid groups (broad SMARTS) is 1. The van der Waals surface area contributed by atoms with E-state index in [0.717, 1.165) is 71.1 Å². The summed E-state index contributed by atoms with van der Waals surface area (Å²) in [5.41, 5.74) is 0.140. The van der Waals surface area contributed by atoms with Crippen molar-refractivity contribution in [2.75, 3.05) is 26.2 Å². The first kappa shape index (κ1) is 18.8. The van der Waals surface area contributed by atoms with Crippen molar-refractivity contribution in [2.45, 2.75) is 64.2 Å². The zero-order chi connectivity index (χ0) is 19.0. The molecule has 2 aliphatic carbocycles. The first-order chi connectivity index (χ1) is 13.0. The summed E-state index contributed by atoms with van der Waals surface area (Å²) in [6, 6.07) is 0. The monoisotopic (exact) mass is 376 g/mol. The third-order valence-electron chi connectivity index (χ3n) is 7.60. The molecule has 2 saturated carbocycles. The molecular weight excluding hydrogens is 344 g/mol. The zero-order valence-corrected chi connectivity index (χ0v) is 16.2. The minimum atomic E-state index is -0.762. The van der Waals surface area contributed by atoms with Crippen molar-refractivity contribution in [1.29, 1.82) is 0 Å². The van der Waals surface area contributed by atoms with Gasteiger partial charge in [-0.3, -0.25) is 14.4 Å². The number of piperidine rings is 2. The normalized spacial score (nSPS) is 33.0. The minimum absolute atomic E-state index is 0.126. The average Bonchev–Trinajstić information content (AvgIpc) is 3.41. The summed E-state index contributed by atoms with van der Waals surface area (Å²) in [6.45, 7) is 3.30. The minimum Gasteiger partial charge on any atom is -0.481 e. The van der Waals surface area contributed by atoms with E-state index >= 15 is 0 Å². The molecule has 4 aliphatic rings. The van der Waals surface area contributed by atoms with Crippen LogP contribution in [0.4, 0.5) is 0 Å². The van der Waals surface area contributed by atoms with E-state index in [9.17, 15) is 19.5 Å². The van der Waals surface area contributed by atoms with Crippen LogP contribution in [0.2, 0.25) is 0 Å². The summed E-state index contributed by atoms with van der Waals surface area (Å²) >= 11 is 0. The topological polar surface area (TPSA) is 77.9 Å². The van der Waals surface area contributed by atoms with Gasteiger partial charge in [0.15, 0.2) is 0 Å². The van der Waals surface area contributed by atoms with Gasteiger partial charge in [-0.1, -0.05) is 6.42 Å². The number of nitrogens with zero attached hydrogens (tertiary/aromatic N) is 2. The molecule has 2 aliphatic heterocycles. The maximum Gasteiger partial charge on any atom is 0.306 e. The van der Waals surface area contributed by atoms with E-state index in [-0.39, 0.29) is 29.1 Å². The van der Waals surface area contributed by atoms with Gasteiger partial charge in [0.2, 0.25) is 11.8 Å². The van der Waals surface area contributed by atoms with Crippen molar-refractivity contribution in [3.8, 4) is 0 Å². The van der Waals surface area contributed by atoms with Crippen LogP contribution in [-0.2, 0) is 14.4 Å². The molecule has 27 heavy (non-hydrogen) atoms. The molecular formula is C21H32N2O4. The lowest BCUT2D eigenvalue weighted by Crippen LogP contribution is -2.45. The number of carbonyl (C=O) groups is 3. The van der Waals surface area contributed by atoms with E-state index in [1.54, 1.807) is 0 Å². The summed E-state index contributed by atoms with van der Waals surface area (Å²) in [5.74, 6) is -0.569. The molecule has 2 saturated heterocycles. The highest BCUT2D eigenvalue weighted by molar-refractivity contribution is 5.83. The Morgan fingerprint density at radius 3 is 2.07 bits per heavy atom. The van der Waals surface area contributed by atoms with Crippen molar-refractivity contribution in [3.63, 3.8) is 0 Å². The molecule has 0 aromatic carbocycles. The van der Waals surface area contributed by atoms with Crippen LogP contribution in [0.25, 0.3) is 0 Å². The van der Waals surface area contributed by atoms with Crippen molar-refractivity contribution in [3.05, 3.63) is 0 Å². The second-order valence-corrected chi connectivity index (χ2v) is 9.23. The molecule has 2 heterocycles. The summed E-state index contributed by atoms with van der Waals surface area (Å²) in [6.07, 6.45) is 9.19. The fraction of sp³-hybridized carbons (Fsp3) is 0.857. The number of carboxylic acids is 1. The van der Waals surface area contributed by atoms with Crippen LogP contribution in [0.5, 0.6) is 0 Å². The molecule has 4 rings (SSSR count). The average molecular weight is 376 g/mol. The van der Waals surface area contributed by atoms with Gasteiger partial charge in [-0.05, 0) is 63.2 Å². The zero-order valence-electron chi connectivity index (χ0n) is 16.2. The summed E-state index contributed by atoms with van der Waals surface area (Å²) in [4.78, 5) is 40.9. The van der Waals surface area contributed by atoms with Gasteiger partial charge in [-0.15, -0.1) is 0 Å². The molecule has 6 nitrogen and oxygen atoms in total. The van der Waals surface area contributed by atoms with Crippen LogP contribution in [0.1, 0.15) is 64.2 Å². The molecule has 4 fully saturated rings.